The van der Waals surface area contributed by atoms with Crippen molar-refractivity contribution in [2.75, 3.05) is 19.7 Å². The minimum absolute atomic E-state index is 0.0377. The zero-order chi connectivity index (χ0) is 25.7. The highest BCUT2D eigenvalue weighted by molar-refractivity contribution is 7.89. The smallest absolute Gasteiger partial charge is 0.245 e. The van der Waals surface area contributed by atoms with Gasteiger partial charge in [-0.15, -0.1) is 0 Å². The van der Waals surface area contributed by atoms with Crippen molar-refractivity contribution < 1.29 is 22.4 Å². The van der Waals surface area contributed by atoms with Gasteiger partial charge in [-0.2, -0.15) is 4.31 Å². The maximum absolute atomic E-state index is 13.7. The van der Waals surface area contributed by atoms with E-state index in [4.69, 9.17) is 32.4 Å². The first-order valence-electron chi connectivity index (χ1n) is 11.7. The second-order valence-electron chi connectivity index (χ2n) is 8.76. The van der Waals surface area contributed by atoms with E-state index in [0.29, 0.717) is 25.3 Å². The molecule has 0 unspecified atom stereocenters. The SMILES string of the molecule is Cc1ccc(CN(Cc2ccccc2)C(=O)CN(C[C@H]2CCCO2)S(=O)(=O)c2cc(Cl)ccc2Cl)o1. The molecule has 36 heavy (non-hydrogen) atoms. The summed E-state index contributed by atoms with van der Waals surface area (Å²) in [4.78, 5) is 15.1. The zero-order valence-electron chi connectivity index (χ0n) is 19.9. The van der Waals surface area contributed by atoms with Crippen LogP contribution in [0, 0.1) is 6.92 Å². The molecule has 4 rings (SSSR count). The van der Waals surface area contributed by atoms with Crippen LogP contribution in [0.15, 0.2) is 70.0 Å². The monoisotopic (exact) mass is 550 g/mol. The molecule has 192 valence electrons. The van der Waals surface area contributed by atoms with Gasteiger partial charge in [-0.3, -0.25) is 4.79 Å². The number of rotatable bonds is 10. The Morgan fingerprint density at radius 1 is 1.06 bits per heavy atom. The normalized spacial score (nSPS) is 15.9. The van der Waals surface area contributed by atoms with Crippen molar-refractivity contribution in [3.63, 3.8) is 0 Å². The van der Waals surface area contributed by atoms with E-state index in [9.17, 15) is 13.2 Å². The number of hydrogen-bond donors (Lipinski definition) is 0. The van der Waals surface area contributed by atoms with Crippen LogP contribution in [-0.2, 0) is 32.6 Å². The Bertz CT molecular complexity index is 1290. The molecule has 0 radical (unpaired) electrons. The standard InChI is InChI=1S/C26H28Cl2N2O5S/c1-19-9-11-23(35-19)16-29(15-20-6-3-2-4-7-20)26(31)18-30(17-22-8-5-13-34-22)36(32,33)25-14-21(27)10-12-24(25)28/h2-4,6-7,9-12,14,22H,5,8,13,15-18H2,1H3/t22-/m1/s1. The quantitative estimate of drug-likeness (QED) is 0.342. The summed E-state index contributed by atoms with van der Waals surface area (Å²) < 4.78 is 40.0. The molecule has 1 fully saturated rings. The number of hydrogen-bond acceptors (Lipinski definition) is 5. The van der Waals surface area contributed by atoms with E-state index < -0.39 is 10.0 Å². The molecule has 1 saturated heterocycles. The van der Waals surface area contributed by atoms with Crippen molar-refractivity contribution in [2.45, 2.75) is 43.9 Å². The molecule has 3 aromatic rings. The van der Waals surface area contributed by atoms with Gasteiger partial charge in [0.1, 0.15) is 16.4 Å². The summed E-state index contributed by atoms with van der Waals surface area (Å²) in [6, 6.07) is 17.4. The lowest BCUT2D eigenvalue weighted by Gasteiger charge is -2.28. The summed E-state index contributed by atoms with van der Waals surface area (Å²) in [6.07, 6.45) is 1.24. The molecule has 0 bridgehead atoms. The van der Waals surface area contributed by atoms with Crippen molar-refractivity contribution in [3.8, 4) is 0 Å². The first kappa shape index (κ1) is 26.7. The van der Waals surface area contributed by atoms with Gasteiger partial charge < -0.3 is 14.1 Å². The van der Waals surface area contributed by atoms with Crippen molar-refractivity contribution >= 4 is 39.1 Å². The highest BCUT2D eigenvalue weighted by Crippen LogP contribution is 2.29. The summed E-state index contributed by atoms with van der Waals surface area (Å²) in [5, 5.41) is 0.275. The second-order valence-corrected chi connectivity index (χ2v) is 11.5. The Labute approximate surface area is 221 Å². The molecule has 0 aliphatic carbocycles. The average Bonchev–Trinajstić information content (AvgIpc) is 3.52. The Balaban J connectivity index is 1.63. The molecule has 2 heterocycles. The molecule has 1 aromatic heterocycles. The predicted octanol–water partition coefficient (Wildman–Crippen LogP) is 5.29. The van der Waals surface area contributed by atoms with Gasteiger partial charge in [0.2, 0.25) is 15.9 Å². The Hall–Kier alpha value is -2.36. The minimum atomic E-state index is -4.15. The van der Waals surface area contributed by atoms with Gasteiger partial charge in [0.15, 0.2) is 0 Å². The molecule has 1 atom stereocenters. The van der Waals surface area contributed by atoms with Crippen LogP contribution in [0.3, 0.4) is 0 Å². The maximum atomic E-state index is 13.7. The molecule has 2 aromatic carbocycles. The minimum Gasteiger partial charge on any atom is -0.464 e. The van der Waals surface area contributed by atoms with Crippen molar-refractivity contribution in [2.24, 2.45) is 0 Å². The van der Waals surface area contributed by atoms with E-state index in [0.717, 1.165) is 22.0 Å². The van der Waals surface area contributed by atoms with Crippen LogP contribution in [0.1, 0.15) is 29.9 Å². The van der Waals surface area contributed by atoms with E-state index in [-0.39, 0.29) is 46.6 Å². The third-order valence-corrected chi connectivity index (χ3v) is 8.49. The van der Waals surface area contributed by atoms with Crippen LogP contribution in [0.4, 0.5) is 0 Å². The summed E-state index contributed by atoms with van der Waals surface area (Å²) in [6.45, 7) is 2.55. The largest absolute Gasteiger partial charge is 0.464 e. The number of benzene rings is 2. The van der Waals surface area contributed by atoms with Gasteiger partial charge in [0.05, 0.1) is 24.2 Å². The van der Waals surface area contributed by atoms with Crippen LogP contribution >= 0.6 is 23.2 Å². The van der Waals surface area contributed by atoms with E-state index in [1.807, 2.05) is 49.4 Å². The van der Waals surface area contributed by atoms with Crippen LogP contribution in [0.25, 0.3) is 0 Å². The molecular weight excluding hydrogens is 523 g/mol. The topological polar surface area (TPSA) is 80.1 Å². The van der Waals surface area contributed by atoms with Crippen LogP contribution in [-0.4, -0.2) is 49.3 Å². The number of ether oxygens (including phenoxy) is 1. The summed E-state index contributed by atoms with van der Waals surface area (Å²) in [5.74, 6) is 0.978. The van der Waals surface area contributed by atoms with E-state index >= 15 is 0 Å². The van der Waals surface area contributed by atoms with Crippen molar-refractivity contribution in [3.05, 3.63) is 87.8 Å². The van der Waals surface area contributed by atoms with Gasteiger partial charge in [0.25, 0.3) is 0 Å². The fourth-order valence-corrected chi connectivity index (χ4v) is 6.28. The summed E-state index contributed by atoms with van der Waals surface area (Å²) >= 11 is 12.3. The molecule has 7 nitrogen and oxygen atoms in total. The first-order valence-corrected chi connectivity index (χ1v) is 13.9. The Morgan fingerprint density at radius 3 is 2.50 bits per heavy atom. The molecule has 1 amide bonds. The zero-order valence-corrected chi connectivity index (χ0v) is 22.2. The van der Waals surface area contributed by atoms with Gasteiger partial charge in [0, 0.05) is 24.7 Å². The highest BCUT2D eigenvalue weighted by atomic mass is 35.5. The maximum Gasteiger partial charge on any atom is 0.245 e. The fraction of sp³-hybridized carbons (Fsp3) is 0.346. The second kappa shape index (κ2) is 11.8. The number of halogens is 2. The van der Waals surface area contributed by atoms with Crippen LogP contribution in [0.5, 0.6) is 0 Å². The predicted molar refractivity (Wildman–Crippen MR) is 138 cm³/mol. The number of nitrogens with zero attached hydrogens (tertiary/aromatic N) is 2. The molecule has 1 aliphatic heterocycles. The fourth-order valence-electron chi connectivity index (χ4n) is 4.12. The number of furan rings is 1. The van der Waals surface area contributed by atoms with Gasteiger partial charge >= 0.3 is 0 Å². The molecule has 0 spiro atoms. The molecular formula is C26H28Cl2N2O5S. The third kappa shape index (κ3) is 6.69. The number of amides is 1. The highest BCUT2D eigenvalue weighted by Gasteiger charge is 2.33. The lowest BCUT2D eigenvalue weighted by molar-refractivity contribution is -0.133. The molecule has 10 heteroatoms. The van der Waals surface area contributed by atoms with Gasteiger partial charge in [-0.1, -0.05) is 53.5 Å². The Morgan fingerprint density at radius 2 is 1.83 bits per heavy atom. The van der Waals surface area contributed by atoms with Crippen molar-refractivity contribution in [1.82, 2.24) is 9.21 Å². The Kier molecular flexibility index (Phi) is 8.74. The van der Waals surface area contributed by atoms with Gasteiger partial charge in [-0.05, 0) is 55.7 Å². The molecule has 0 saturated carbocycles. The van der Waals surface area contributed by atoms with E-state index in [2.05, 4.69) is 0 Å². The number of carbonyl (C=O) groups excluding carboxylic acids is 1. The van der Waals surface area contributed by atoms with Crippen LogP contribution < -0.4 is 0 Å². The lowest BCUT2D eigenvalue weighted by Crippen LogP contribution is -2.45. The average molecular weight is 551 g/mol. The number of aryl methyl sites for hydroxylation is 1. The van der Waals surface area contributed by atoms with E-state index in [1.54, 1.807) is 4.90 Å². The summed E-state index contributed by atoms with van der Waals surface area (Å²) in [7, 11) is -4.15. The molecule has 1 aliphatic rings. The molecule has 0 N–H and O–H groups in total. The van der Waals surface area contributed by atoms with Gasteiger partial charge in [-0.25, -0.2) is 8.42 Å². The number of sulfonamides is 1. The number of carbonyl (C=O) groups is 1. The van der Waals surface area contributed by atoms with Crippen molar-refractivity contribution in [1.29, 1.82) is 0 Å². The van der Waals surface area contributed by atoms with Crippen LogP contribution in [0.2, 0.25) is 10.0 Å². The first-order chi connectivity index (χ1) is 17.2. The van der Waals surface area contributed by atoms with E-state index in [1.165, 1.54) is 18.2 Å². The summed E-state index contributed by atoms with van der Waals surface area (Å²) in [5.41, 5.74) is 0.917. The third-order valence-electron chi connectivity index (χ3n) is 5.97. The lowest BCUT2D eigenvalue weighted by atomic mass is 10.2.